The molecule has 0 saturated carbocycles. The third-order valence-electron chi connectivity index (χ3n) is 4.76. The molecule has 0 N–H and O–H groups in total. The van der Waals surface area contributed by atoms with Crippen LogP contribution in [0.3, 0.4) is 0 Å². The van der Waals surface area contributed by atoms with Gasteiger partial charge in [-0.05, 0) is 48.8 Å². The van der Waals surface area contributed by atoms with Gasteiger partial charge in [-0.1, -0.05) is 11.8 Å². The molecule has 0 fully saturated rings. The Hall–Kier alpha value is -2.43. The van der Waals surface area contributed by atoms with E-state index in [1.165, 1.54) is 28.8 Å². The maximum atomic E-state index is 13.2. The summed E-state index contributed by atoms with van der Waals surface area (Å²) in [7, 11) is 1.60. The van der Waals surface area contributed by atoms with Gasteiger partial charge in [0.1, 0.15) is 15.5 Å². The van der Waals surface area contributed by atoms with Gasteiger partial charge >= 0.3 is 5.88 Å². The summed E-state index contributed by atoms with van der Waals surface area (Å²) < 4.78 is 11.9. The minimum Gasteiger partial charge on any atom is -0.401 e. The molecule has 29 heavy (non-hydrogen) atoms. The Bertz CT molecular complexity index is 1140. The van der Waals surface area contributed by atoms with Crippen molar-refractivity contribution in [2.24, 2.45) is 0 Å². The Morgan fingerprint density at radius 2 is 2.24 bits per heavy atom. The standard InChI is InChI=1S/C19H19N3O5S2/c1-26-10-9-21-18(23)16-13-4-2-3-5-14(13)29-17(16)20-19(21)28-11-8-12-6-7-15(27-12)22(24)25/h6-8,11H,2-5,9-10H2,1H3/b11-8+. The quantitative estimate of drug-likeness (QED) is 0.238. The lowest BCUT2D eigenvalue weighted by Gasteiger charge is -2.12. The Balaban J connectivity index is 1.69. The van der Waals surface area contributed by atoms with Crippen molar-refractivity contribution in [2.75, 3.05) is 13.7 Å². The highest BCUT2D eigenvalue weighted by molar-refractivity contribution is 8.02. The van der Waals surface area contributed by atoms with Crippen molar-refractivity contribution >= 4 is 45.3 Å². The van der Waals surface area contributed by atoms with Crippen LogP contribution in [-0.4, -0.2) is 28.2 Å². The average Bonchev–Trinajstić information content (AvgIpc) is 3.32. The molecule has 0 unspecified atom stereocenters. The number of hydrogen-bond acceptors (Lipinski definition) is 8. The Morgan fingerprint density at radius 3 is 3.00 bits per heavy atom. The van der Waals surface area contributed by atoms with E-state index in [2.05, 4.69) is 0 Å². The van der Waals surface area contributed by atoms with Gasteiger partial charge in [0.15, 0.2) is 5.16 Å². The first-order valence-electron chi connectivity index (χ1n) is 9.20. The molecule has 152 valence electrons. The number of nitro groups is 1. The summed E-state index contributed by atoms with van der Waals surface area (Å²) in [5, 5.41) is 13.8. The van der Waals surface area contributed by atoms with Crippen LogP contribution in [0.25, 0.3) is 16.3 Å². The second-order valence-corrected chi connectivity index (χ2v) is 8.55. The Kier molecular flexibility index (Phi) is 5.84. The van der Waals surface area contributed by atoms with Crippen LogP contribution < -0.4 is 5.56 Å². The number of ether oxygens (including phenoxy) is 1. The summed E-state index contributed by atoms with van der Waals surface area (Å²) in [5.74, 6) is 0.0537. The maximum Gasteiger partial charge on any atom is 0.433 e. The largest absolute Gasteiger partial charge is 0.433 e. The lowest BCUT2D eigenvalue weighted by Crippen LogP contribution is -2.25. The van der Waals surface area contributed by atoms with Gasteiger partial charge in [0.25, 0.3) is 5.56 Å². The van der Waals surface area contributed by atoms with Crippen LogP contribution in [0.5, 0.6) is 0 Å². The first kappa shape index (κ1) is 19.9. The van der Waals surface area contributed by atoms with Crippen molar-refractivity contribution < 1.29 is 14.1 Å². The SMILES string of the molecule is COCCn1c(S/C=C/c2ccc([N+](=O)[O-])o2)nc2sc3c(c2c1=O)CCCC3. The molecule has 0 amide bonds. The zero-order valence-corrected chi connectivity index (χ0v) is 17.4. The highest BCUT2D eigenvalue weighted by atomic mass is 32.2. The van der Waals surface area contributed by atoms with E-state index in [1.54, 1.807) is 34.5 Å². The minimum atomic E-state index is -0.582. The van der Waals surface area contributed by atoms with E-state index in [0.29, 0.717) is 24.1 Å². The van der Waals surface area contributed by atoms with Gasteiger partial charge in [0.2, 0.25) is 0 Å². The van der Waals surface area contributed by atoms with Crippen LogP contribution in [0, 0.1) is 10.1 Å². The molecule has 10 heteroatoms. The molecule has 3 aromatic rings. The predicted molar refractivity (Wildman–Crippen MR) is 113 cm³/mol. The number of aromatic nitrogens is 2. The van der Waals surface area contributed by atoms with E-state index < -0.39 is 4.92 Å². The van der Waals surface area contributed by atoms with Crippen molar-refractivity contribution in [1.82, 2.24) is 9.55 Å². The number of rotatable bonds is 7. The number of furan rings is 1. The summed E-state index contributed by atoms with van der Waals surface area (Å²) in [4.78, 5) is 30.2. The normalized spacial score (nSPS) is 14.0. The van der Waals surface area contributed by atoms with E-state index in [-0.39, 0.29) is 11.4 Å². The molecule has 0 aliphatic heterocycles. The van der Waals surface area contributed by atoms with Gasteiger partial charge in [-0.25, -0.2) is 4.98 Å². The molecule has 1 aliphatic carbocycles. The third kappa shape index (κ3) is 4.00. The van der Waals surface area contributed by atoms with E-state index in [1.807, 2.05) is 0 Å². The van der Waals surface area contributed by atoms with Gasteiger partial charge < -0.3 is 9.15 Å². The lowest BCUT2D eigenvalue weighted by atomic mass is 9.97. The molecular weight excluding hydrogens is 414 g/mol. The smallest absolute Gasteiger partial charge is 0.401 e. The van der Waals surface area contributed by atoms with Crippen LogP contribution >= 0.6 is 23.1 Å². The van der Waals surface area contributed by atoms with E-state index in [4.69, 9.17) is 14.1 Å². The number of fused-ring (bicyclic) bond motifs is 3. The number of methoxy groups -OCH3 is 1. The summed E-state index contributed by atoms with van der Waals surface area (Å²) >= 11 is 2.89. The van der Waals surface area contributed by atoms with Crippen LogP contribution in [0.2, 0.25) is 0 Å². The molecule has 0 saturated heterocycles. The highest BCUT2D eigenvalue weighted by Crippen LogP contribution is 2.35. The molecule has 0 radical (unpaired) electrons. The maximum absolute atomic E-state index is 13.2. The summed E-state index contributed by atoms with van der Waals surface area (Å²) in [6.07, 6.45) is 5.81. The third-order valence-corrected chi connectivity index (χ3v) is 6.74. The van der Waals surface area contributed by atoms with Gasteiger partial charge in [-0.2, -0.15) is 0 Å². The molecule has 0 atom stereocenters. The molecule has 3 heterocycles. The number of thioether (sulfide) groups is 1. The fourth-order valence-corrected chi connectivity index (χ4v) is 5.46. The van der Waals surface area contributed by atoms with Gasteiger partial charge in [-0.15, -0.1) is 11.3 Å². The average molecular weight is 434 g/mol. The number of thiophene rings is 1. The van der Waals surface area contributed by atoms with Gasteiger partial charge in [0, 0.05) is 12.0 Å². The Labute approximate surface area is 174 Å². The molecule has 1 aliphatic rings. The van der Waals surface area contributed by atoms with Crippen molar-refractivity contribution in [1.29, 1.82) is 0 Å². The van der Waals surface area contributed by atoms with Gasteiger partial charge in [0.05, 0.1) is 24.6 Å². The second-order valence-electron chi connectivity index (χ2n) is 6.59. The molecule has 4 rings (SSSR count). The Morgan fingerprint density at radius 1 is 1.41 bits per heavy atom. The van der Waals surface area contributed by atoms with Gasteiger partial charge in [-0.3, -0.25) is 19.5 Å². The summed E-state index contributed by atoms with van der Waals surface area (Å²) in [6.45, 7) is 0.812. The number of aryl methyl sites for hydroxylation is 2. The molecule has 0 aromatic carbocycles. The summed E-state index contributed by atoms with van der Waals surface area (Å²) in [5.41, 5.74) is 1.13. The number of hydrogen-bond donors (Lipinski definition) is 0. The molecule has 3 aromatic heterocycles. The molecule has 0 spiro atoms. The molecular formula is C19H19N3O5S2. The predicted octanol–water partition coefficient (Wildman–Crippen LogP) is 4.25. The first-order chi connectivity index (χ1) is 14.1. The zero-order chi connectivity index (χ0) is 20.4. The molecule has 8 nitrogen and oxygen atoms in total. The number of nitrogens with zero attached hydrogens (tertiary/aromatic N) is 3. The second kappa shape index (κ2) is 8.52. The van der Waals surface area contributed by atoms with E-state index in [9.17, 15) is 14.9 Å². The summed E-state index contributed by atoms with van der Waals surface area (Å²) in [6, 6.07) is 2.83. The highest BCUT2D eigenvalue weighted by Gasteiger charge is 2.22. The van der Waals surface area contributed by atoms with Crippen LogP contribution in [-0.2, 0) is 24.1 Å². The zero-order valence-electron chi connectivity index (χ0n) is 15.8. The lowest BCUT2D eigenvalue weighted by molar-refractivity contribution is -0.402. The van der Waals surface area contributed by atoms with Crippen molar-refractivity contribution in [3.8, 4) is 0 Å². The minimum absolute atomic E-state index is 0.0315. The van der Waals surface area contributed by atoms with Crippen molar-refractivity contribution in [3.63, 3.8) is 0 Å². The van der Waals surface area contributed by atoms with E-state index >= 15 is 0 Å². The monoisotopic (exact) mass is 433 g/mol. The topological polar surface area (TPSA) is 100 Å². The van der Waals surface area contributed by atoms with E-state index in [0.717, 1.165) is 41.5 Å². The van der Waals surface area contributed by atoms with Crippen molar-refractivity contribution in [2.45, 2.75) is 37.4 Å². The first-order valence-corrected chi connectivity index (χ1v) is 10.9. The fraction of sp³-hybridized carbons (Fsp3) is 0.368. The molecule has 0 bridgehead atoms. The van der Waals surface area contributed by atoms with Crippen molar-refractivity contribution in [3.05, 3.63) is 54.2 Å². The van der Waals surface area contributed by atoms with Crippen LogP contribution in [0.15, 0.2) is 31.9 Å². The van der Waals surface area contributed by atoms with Crippen LogP contribution in [0.4, 0.5) is 5.88 Å². The fourth-order valence-electron chi connectivity index (χ4n) is 3.38. The van der Waals surface area contributed by atoms with Crippen LogP contribution in [0.1, 0.15) is 29.0 Å².